The van der Waals surface area contributed by atoms with Crippen LogP contribution in [-0.2, 0) is 0 Å². The molecule has 0 bridgehead atoms. The molecule has 0 N–H and O–H groups in total. The number of hydrogen-bond donors (Lipinski definition) is 0. The van der Waals surface area contributed by atoms with E-state index < -0.39 is 4.92 Å². The molecule has 0 aliphatic heterocycles. The SMILES string of the molecule is O=[N+]([O-])c1ccc(C#CCN=Cc2ccc(Cl)cc2)cc1. The molecule has 0 aromatic heterocycles. The minimum Gasteiger partial charge on any atom is -0.280 e. The molecule has 0 saturated heterocycles. The molecule has 0 unspecified atom stereocenters. The maximum Gasteiger partial charge on any atom is 0.269 e. The van der Waals surface area contributed by atoms with Crippen molar-refractivity contribution >= 4 is 23.5 Å². The third kappa shape index (κ3) is 4.75. The lowest BCUT2D eigenvalue weighted by Gasteiger charge is -1.92. The normalized spacial score (nSPS) is 10.1. The van der Waals surface area contributed by atoms with Crippen LogP contribution in [0.2, 0.25) is 5.02 Å². The first kappa shape index (κ1) is 14.8. The first-order valence-electron chi connectivity index (χ1n) is 6.14. The van der Waals surface area contributed by atoms with E-state index >= 15 is 0 Å². The molecule has 104 valence electrons. The maximum absolute atomic E-state index is 10.5. The summed E-state index contributed by atoms with van der Waals surface area (Å²) in [6.07, 6.45) is 1.72. The average molecular weight is 299 g/mol. The number of halogens is 1. The van der Waals surface area contributed by atoms with Crippen LogP contribution in [0.15, 0.2) is 53.5 Å². The van der Waals surface area contributed by atoms with Gasteiger partial charge in [-0.25, -0.2) is 0 Å². The molecule has 2 rings (SSSR count). The number of non-ortho nitro benzene ring substituents is 1. The Bertz CT molecular complexity index is 711. The lowest BCUT2D eigenvalue weighted by atomic mass is 10.2. The predicted octanol–water partition coefficient (Wildman–Crippen LogP) is 3.72. The first-order chi connectivity index (χ1) is 10.1. The number of rotatable bonds is 3. The van der Waals surface area contributed by atoms with Crippen LogP contribution in [0.4, 0.5) is 5.69 Å². The Morgan fingerprint density at radius 3 is 2.43 bits per heavy atom. The monoisotopic (exact) mass is 298 g/mol. The molecule has 0 aliphatic carbocycles. The highest BCUT2D eigenvalue weighted by Gasteiger charge is 2.01. The van der Waals surface area contributed by atoms with E-state index in [0.29, 0.717) is 11.6 Å². The van der Waals surface area contributed by atoms with Crippen molar-refractivity contribution in [2.45, 2.75) is 0 Å². The molecule has 0 atom stereocenters. The van der Waals surface area contributed by atoms with E-state index in [4.69, 9.17) is 11.6 Å². The van der Waals surface area contributed by atoms with Crippen molar-refractivity contribution in [1.82, 2.24) is 0 Å². The summed E-state index contributed by atoms with van der Waals surface area (Å²) < 4.78 is 0. The molecule has 5 heteroatoms. The van der Waals surface area contributed by atoms with Gasteiger partial charge >= 0.3 is 0 Å². The van der Waals surface area contributed by atoms with Gasteiger partial charge in [-0.15, -0.1) is 0 Å². The zero-order chi connectivity index (χ0) is 15.1. The van der Waals surface area contributed by atoms with Gasteiger partial charge in [-0.3, -0.25) is 15.1 Å². The zero-order valence-corrected chi connectivity index (χ0v) is 11.7. The molecule has 0 fully saturated rings. The highest BCUT2D eigenvalue weighted by molar-refractivity contribution is 6.30. The molecule has 21 heavy (non-hydrogen) atoms. The van der Waals surface area contributed by atoms with Crippen LogP contribution in [-0.4, -0.2) is 17.7 Å². The Hall–Kier alpha value is -2.64. The van der Waals surface area contributed by atoms with Crippen molar-refractivity contribution in [3.05, 3.63) is 74.8 Å². The van der Waals surface area contributed by atoms with Gasteiger partial charge in [-0.05, 0) is 29.8 Å². The van der Waals surface area contributed by atoms with Gasteiger partial charge in [0, 0.05) is 28.9 Å². The Morgan fingerprint density at radius 1 is 1.14 bits per heavy atom. The molecule has 0 aliphatic rings. The fourth-order valence-corrected chi connectivity index (χ4v) is 1.68. The zero-order valence-electron chi connectivity index (χ0n) is 11.0. The minimum absolute atomic E-state index is 0.0568. The second-order valence-electron chi connectivity index (χ2n) is 4.13. The standard InChI is InChI=1S/C16H11ClN2O2/c17-15-7-3-14(4-8-15)12-18-11-1-2-13-5-9-16(10-6-13)19(20)21/h3-10,12H,11H2. The van der Waals surface area contributed by atoms with Crippen molar-refractivity contribution in [3.8, 4) is 11.8 Å². The van der Waals surface area contributed by atoms with Crippen LogP contribution in [0.3, 0.4) is 0 Å². The van der Waals surface area contributed by atoms with E-state index in [1.54, 1.807) is 30.5 Å². The number of benzene rings is 2. The van der Waals surface area contributed by atoms with Gasteiger partial charge in [0.05, 0.1) is 4.92 Å². The number of nitrogens with zero attached hydrogens (tertiary/aromatic N) is 2. The number of nitro groups is 1. The lowest BCUT2D eigenvalue weighted by molar-refractivity contribution is -0.384. The molecule has 0 radical (unpaired) electrons. The summed E-state index contributed by atoms with van der Waals surface area (Å²) in [7, 11) is 0. The highest BCUT2D eigenvalue weighted by Crippen LogP contribution is 2.11. The fourth-order valence-electron chi connectivity index (χ4n) is 1.55. The summed E-state index contributed by atoms with van der Waals surface area (Å²) in [6, 6.07) is 13.4. The van der Waals surface area contributed by atoms with Crippen LogP contribution in [0, 0.1) is 22.0 Å². The largest absolute Gasteiger partial charge is 0.280 e. The molecule has 0 heterocycles. The van der Waals surface area contributed by atoms with E-state index in [9.17, 15) is 10.1 Å². The van der Waals surface area contributed by atoms with E-state index in [2.05, 4.69) is 16.8 Å². The third-order valence-electron chi connectivity index (χ3n) is 2.59. The van der Waals surface area contributed by atoms with Crippen LogP contribution in [0.1, 0.15) is 11.1 Å². The Balaban J connectivity index is 1.91. The van der Waals surface area contributed by atoms with Gasteiger partial charge in [0.15, 0.2) is 0 Å². The van der Waals surface area contributed by atoms with Gasteiger partial charge < -0.3 is 0 Å². The summed E-state index contributed by atoms with van der Waals surface area (Å²) >= 11 is 5.78. The first-order valence-corrected chi connectivity index (χ1v) is 6.52. The van der Waals surface area contributed by atoms with Crippen LogP contribution in [0.5, 0.6) is 0 Å². The summed E-state index contributed by atoms with van der Waals surface area (Å²) in [5.41, 5.74) is 1.74. The molecule has 0 spiro atoms. The van der Waals surface area contributed by atoms with Gasteiger partial charge in [0.25, 0.3) is 5.69 Å². The van der Waals surface area contributed by atoms with Crippen molar-refractivity contribution in [3.63, 3.8) is 0 Å². The van der Waals surface area contributed by atoms with Crippen molar-refractivity contribution in [2.24, 2.45) is 4.99 Å². The number of hydrogen-bond acceptors (Lipinski definition) is 3. The summed E-state index contributed by atoms with van der Waals surface area (Å²) in [4.78, 5) is 14.3. The topological polar surface area (TPSA) is 55.5 Å². The van der Waals surface area contributed by atoms with Crippen molar-refractivity contribution in [1.29, 1.82) is 0 Å². The molecule has 2 aromatic carbocycles. The minimum atomic E-state index is -0.437. The van der Waals surface area contributed by atoms with Crippen LogP contribution < -0.4 is 0 Å². The number of aliphatic imine (C=N–C) groups is 1. The van der Waals surface area contributed by atoms with Gasteiger partial charge in [-0.1, -0.05) is 35.6 Å². The smallest absolute Gasteiger partial charge is 0.269 e. The molecule has 4 nitrogen and oxygen atoms in total. The van der Waals surface area contributed by atoms with E-state index in [-0.39, 0.29) is 5.69 Å². The molecule has 0 saturated carbocycles. The third-order valence-corrected chi connectivity index (χ3v) is 2.84. The van der Waals surface area contributed by atoms with E-state index in [1.807, 2.05) is 12.1 Å². The van der Waals surface area contributed by atoms with Crippen LogP contribution >= 0.6 is 11.6 Å². The summed E-state index contributed by atoms with van der Waals surface area (Å²) in [5.74, 6) is 5.79. The maximum atomic E-state index is 10.5. The molecular weight excluding hydrogens is 288 g/mol. The van der Waals surface area contributed by atoms with E-state index in [0.717, 1.165) is 11.1 Å². The Labute approximate surface area is 127 Å². The lowest BCUT2D eigenvalue weighted by Crippen LogP contribution is -1.87. The van der Waals surface area contributed by atoms with Crippen molar-refractivity contribution in [2.75, 3.05) is 6.54 Å². The van der Waals surface area contributed by atoms with Crippen LogP contribution in [0.25, 0.3) is 0 Å². The second kappa shape index (κ2) is 7.22. The average Bonchev–Trinajstić information content (AvgIpc) is 2.49. The predicted molar refractivity (Wildman–Crippen MR) is 83.9 cm³/mol. The van der Waals surface area contributed by atoms with E-state index in [1.165, 1.54) is 12.1 Å². The summed E-state index contributed by atoms with van der Waals surface area (Å²) in [5, 5.41) is 11.2. The Kier molecular flexibility index (Phi) is 5.08. The fraction of sp³-hybridized carbons (Fsp3) is 0.0625. The quantitative estimate of drug-likeness (QED) is 0.375. The molecule has 0 amide bonds. The summed E-state index contributed by atoms with van der Waals surface area (Å²) in [6.45, 7) is 0.361. The van der Waals surface area contributed by atoms with Gasteiger partial charge in [-0.2, -0.15) is 0 Å². The highest BCUT2D eigenvalue weighted by atomic mass is 35.5. The molecule has 2 aromatic rings. The van der Waals surface area contributed by atoms with Gasteiger partial charge in [0.2, 0.25) is 0 Å². The Morgan fingerprint density at radius 2 is 1.81 bits per heavy atom. The van der Waals surface area contributed by atoms with Gasteiger partial charge in [0.1, 0.15) is 6.54 Å². The number of nitro benzene ring substituents is 1. The second-order valence-corrected chi connectivity index (χ2v) is 4.56. The van der Waals surface area contributed by atoms with Crippen molar-refractivity contribution < 1.29 is 4.92 Å². The molecular formula is C16H11ClN2O2.